The summed E-state index contributed by atoms with van der Waals surface area (Å²) in [7, 11) is 1.69. The van der Waals surface area contributed by atoms with E-state index in [1.54, 1.807) is 13.2 Å². The number of carbonyl (C=O) groups is 4. The first-order chi connectivity index (χ1) is 20.5. The van der Waals surface area contributed by atoms with Crippen LogP contribution in [0.25, 0.3) is 5.76 Å². The second-order valence-electron chi connectivity index (χ2n) is 12.0. The van der Waals surface area contributed by atoms with Gasteiger partial charge in [0.05, 0.1) is 7.11 Å². The van der Waals surface area contributed by atoms with Crippen molar-refractivity contribution in [3.05, 3.63) is 35.4 Å². The standard InChI is InChI=1S/C32H40O11/c1-16(33)38-15-26-29(39-17(2)34)30(40-18(3)35)31(41-19(4)36)32(43-26)42-25-8-6-7-22(14-25)28(37-5)27-23-10-20-9-21(12-23)13-24(27)11-20/h6-8,14,20-21,23-24,26,29-32H,9-13,15H2,1-5H3. The molecule has 4 aliphatic carbocycles. The Balaban J connectivity index is 1.46. The average Bonchev–Trinajstić information content (AvgIpc) is 2.92. The summed E-state index contributed by atoms with van der Waals surface area (Å²) < 4.78 is 40.1. The number of carbonyl (C=O) groups excluding carboxylic acids is 4. The van der Waals surface area contributed by atoms with Crippen molar-refractivity contribution in [2.24, 2.45) is 23.7 Å². The van der Waals surface area contributed by atoms with Crippen molar-refractivity contribution < 1.29 is 52.3 Å². The third kappa shape index (κ3) is 6.98. The Labute approximate surface area is 251 Å². The fraction of sp³-hybridized carbons (Fsp3) is 0.625. The molecule has 0 radical (unpaired) electrons. The lowest BCUT2D eigenvalue weighted by Gasteiger charge is -2.51. The van der Waals surface area contributed by atoms with Crippen LogP contribution < -0.4 is 4.74 Å². The van der Waals surface area contributed by atoms with E-state index in [1.165, 1.54) is 65.4 Å². The predicted molar refractivity (Wildman–Crippen MR) is 150 cm³/mol. The molecule has 5 unspecified atom stereocenters. The highest BCUT2D eigenvalue weighted by Gasteiger charge is 2.53. The van der Waals surface area contributed by atoms with Crippen molar-refractivity contribution in [3.8, 4) is 5.75 Å². The summed E-state index contributed by atoms with van der Waals surface area (Å²) in [6, 6.07) is 7.38. The molecule has 1 heterocycles. The summed E-state index contributed by atoms with van der Waals surface area (Å²) in [6.07, 6.45) is -0.110. The van der Waals surface area contributed by atoms with Gasteiger partial charge in [0, 0.05) is 33.3 Å². The maximum atomic E-state index is 12.2. The zero-order valence-corrected chi connectivity index (χ0v) is 25.2. The number of esters is 4. The largest absolute Gasteiger partial charge is 0.496 e. The second-order valence-corrected chi connectivity index (χ2v) is 12.0. The Morgan fingerprint density at radius 1 is 0.767 bits per heavy atom. The molecule has 43 heavy (non-hydrogen) atoms. The summed E-state index contributed by atoms with van der Waals surface area (Å²) >= 11 is 0. The van der Waals surface area contributed by atoms with Crippen LogP contribution in [0.1, 0.15) is 65.4 Å². The lowest BCUT2D eigenvalue weighted by atomic mass is 9.54. The Kier molecular flexibility index (Phi) is 9.29. The lowest BCUT2D eigenvalue weighted by molar-refractivity contribution is -0.288. The molecule has 11 heteroatoms. The molecule has 5 aliphatic rings. The van der Waals surface area contributed by atoms with Crippen molar-refractivity contribution in [3.63, 3.8) is 0 Å². The van der Waals surface area contributed by atoms with Gasteiger partial charge in [-0.15, -0.1) is 0 Å². The monoisotopic (exact) mass is 600 g/mol. The van der Waals surface area contributed by atoms with Crippen molar-refractivity contribution in [2.45, 2.75) is 90.5 Å². The van der Waals surface area contributed by atoms with Crippen molar-refractivity contribution in [1.29, 1.82) is 0 Å². The summed E-state index contributed by atoms with van der Waals surface area (Å²) in [6.45, 7) is 4.43. The summed E-state index contributed by atoms with van der Waals surface area (Å²) in [5.41, 5.74) is 2.24. The highest BCUT2D eigenvalue weighted by atomic mass is 16.7. The van der Waals surface area contributed by atoms with E-state index in [-0.39, 0.29) is 6.61 Å². The number of rotatable bonds is 9. The Hall–Kier alpha value is -3.60. The molecule has 5 atom stereocenters. The second kappa shape index (κ2) is 13.0. The molecular weight excluding hydrogens is 560 g/mol. The predicted octanol–water partition coefficient (Wildman–Crippen LogP) is 3.96. The maximum Gasteiger partial charge on any atom is 0.303 e. The van der Waals surface area contributed by atoms with Crippen LogP contribution in [-0.4, -0.2) is 68.3 Å². The molecule has 234 valence electrons. The number of hydrogen-bond donors (Lipinski definition) is 0. The number of methoxy groups -OCH3 is 1. The fourth-order valence-corrected chi connectivity index (χ4v) is 7.59. The van der Waals surface area contributed by atoms with Gasteiger partial charge in [0.25, 0.3) is 0 Å². The molecule has 11 nitrogen and oxygen atoms in total. The molecule has 1 aromatic rings. The van der Waals surface area contributed by atoms with Crippen LogP contribution in [-0.2, 0) is 47.6 Å². The van der Waals surface area contributed by atoms with Crippen LogP contribution in [0.2, 0.25) is 0 Å². The maximum absolute atomic E-state index is 12.2. The van der Waals surface area contributed by atoms with Gasteiger partial charge in [0.2, 0.25) is 12.4 Å². The highest BCUT2D eigenvalue weighted by molar-refractivity contribution is 5.69. The molecule has 1 aromatic carbocycles. The smallest absolute Gasteiger partial charge is 0.303 e. The van der Waals surface area contributed by atoms with Gasteiger partial charge in [-0.2, -0.15) is 0 Å². The van der Waals surface area contributed by atoms with Crippen molar-refractivity contribution >= 4 is 29.6 Å². The number of ether oxygens (including phenoxy) is 7. The first-order valence-corrected chi connectivity index (χ1v) is 14.9. The van der Waals surface area contributed by atoms with Crippen LogP contribution in [0, 0.1) is 23.7 Å². The third-order valence-corrected chi connectivity index (χ3v) is 8.78. The van der Waals surface area contributed by atoms with Gasteiger partial charge in [-0.3, -0.25) is 19.2 Å². The number of hydrogen-bond acceptors (Lipinski definition) is 11. The van der Waals surface area contributed by atoms with Gasteiger partial charge in [-0.1, -0.05) is 12.1 Å². The molecule has 1 saturated heterocycles. The topological polar surface area (TPSA) is 133 Å². The minimum absolute atomic E-state index is 0.331. The van der Waals surface area contributed by atoms with Gasteiger partial charge in [-0.05, 0) is 73.5 Å². The van der Waals surface area contributed by atoms with Gasteiger partial charge in [0.1, 0.15) is 24.2 Å². The minimum Gasteiger partial charge on any atom is -0.496 e. The molecule has 1 aliphatic heterocycles. The van der Waals surface area contributed by atoms with E-state index in [1.807, 2.05) is 18.2 Å². The van der Waals surface area contributed by atoms with E-state index >= 15 is 0 Å². The molecule has 0 aromatic heterocycles. The van der Waals surface area contributed by atoms with Crippen molar-refractivity contribution in [1.82, 2.24) is 0 Å². The SMILES string of the molecule is COC(=C1C2CC3CC(C2)CC1C3)c1cccc(OC2OC(COC(C)=O)C(OC(C)=O)C(OC(C)=O)C2OC(C)=O)c1. The number of benzene rings is 1. The summed E-state index contributed by atoms with van der Waals surface area (Å²) in [4.78, 5) is 47.9. The normalized spacial score (nSPS) is 32.4. The lowest BCUT2D eigenvalue weighted by Crippen LogP contribution is -2.63. The van der Waals surface area contributed by atoms with E-state index in [9.17, 15) is 19.2 Å². The summed E-state index contributed by atoms with van der Waals surface area (Å²) in [5.74, 6) is 1.22. The number of allylic oxidation sites excluding steroid dienone is 1. The first kappa shape index (κ1) is 30.8. The molecule has 5 fully saturated rings. The molecule has 4 bridgehead atoms. The Morgan fingerprint density at radius 2 is 1.35 bits per heavy atom. The zero-order valence-electron chi connectivity index (χ0n) is 25.2. The van der Waals surface area contributed by atoms with E-state index in [4.69, 9.17) is 33.2 Å². The Morgan fingerprint density at radius 3 is 1.91 bits per heavy atom. The minimum atomic E-state index is -1.31. The van der Waals surface area contributed by atoms with Gasteiger partial charge in [0.15, 0.2) is 12.2 Å². The molecule has 0 amide bonds. The van der Waals surface area contributed by atoms with Gasteiger partial charge >= 0.3 is 23.9 Å². The molecule has 0 N–H and O–H groups in total. The molecule has 4 saturated carbocycles. The highest BCUT2D eigenvalue weighted by Crippen LogP contribution is 2.58. The Bertz CT molecular complexity index is 1240. The average molecular weight is 601 g/mol. The van der Waals surface area contributed by atoms with Gasteiger partial charge in [-0.25, -0.2) is 0 Å². The zero-order chi connectivity index (χ0) is 30.8. The summed E-state index contributed by atoms with van der Waals surface area (Å²) in [5, 5.41) is 0. The van der Waals surface area contributed by atoms with Crippen LogP contribution in [0.5, 0.6) is 5.75 Å². The van der Waals surface area contributed by atoms with Crippen molar-refractivity contribution in [2.75, 3.05) is 13.7 Å². The third-order valence-electron chi connectivity index (χ3n) is 8.78. The van der Waals surface area contributed by atoms with Gasteiger partial charge < -0.3 is 33.2 Å². The quantitative estimate of drug-likeness (QED) is 0.232. The molecule has 0 spiro atoms. The van der Waals surface area contributed by atoms with Crippen LogP contribution >= 0.6 is 0 Å². The van der Waals surface area contributed by atoms with E-state index in [0.717, 1.165) is 23.2 Å². The van der Waals surface area contributed by atoms with Crippen LogP contribution in [0.3, 0.4) is 0 Å². The molecular formula is C32H40O11. The van der Waals surface area contributed by atoms with Crippen LogP contribution in [0.15, 0.2) is 29.8 Å². The van der Waals surface area contributed by atoms with Crippen LogP contribution in [0.4, 0.5) is 0 Å². The fourth-order valence-electron chi connectivity index (χ4n) is 7.59. The van der Waals surface area contributed by atoms with E-state index < -0.39 is 54.6 Å². The van der Waals surface area contributed by atoms with E-state index in [0.29, 0.717) is 17.6 Å². The molecule has 6 rings (SSSR count). The van der Waals surface area contributed by atoms with E-state index in [2.05, 4.69) is 0 Å². The first-order valence-electron chi connectivity index (χ1n) is 14.9.